The summed E-state index contributed by atoms with van der Waals surface area (Å²) in [6.45, 7) is 0. The second-order valence-corrected chi connectivity index (χ2v) is 4.09. The summed E-state index contributed by atoms with van der Waals surface area (Å²) in [5.74, 6) is 0. The van der Waals surface area contributed by atoms with Crippen molar-refractivity contribution in [3.8, 4) is 6.07 Å². The summed E-state index contributed by atoms with van der Waals surface area (Å²) in [5, 5.41) is 9.94. The minimum Gasteiger partial charge on any atom is -0.349 e. The van der Waals surface area contributed by atoms with E-state index in [4.69, 9.17) is 5.26 Å². The number of aromatic nitrogens is 1. The fourth-order valence-corrected chi connectivity index (χ4v) is 2.28. The van der Waals surface area contributed by atoms with Crippen molar-refractivity contribution in [3.05, 3.63) is 33.5 Å². The molecule has 0 aliphatic rings. The number of fused-ring (bicyclic) bond motifs is 1. The van der Waals surface area contributed by atoms with Gasteiger partial charge in [0.1, 0.15) is 0 Å². The highest BCUT2D eigenvalue weighted by atomic mass is 127. The standard InChI is InChI=1S/C10H7IN2/c1-13-6-9(11)8-3-2-7(5-12)4-10(8)13/h2-4,6H,1H3. The highest BCUT2D eigenvalue weighted by molar-refractivity contribution is 14.1. The van der Waals surface area contributed by atoms with Crippen LogP contribution in [0.1, 0.15) is 5.56 Å². The van der Waals surface area contributed by atoms with Crippen molar-refractivity contribution in [3.63, 3.8) is 0 Å². The molecule has 0 bridgehead atoms. The molecule has 0 spiro atoms. The number of aryl methyl sites for hydroxylation is 1. The number of hydrogen-bond acceptors (Lipinski definition) is 1. The Bertz CT molecular complexity index is 505. The molecule has 2 nitrogen and oxygen atoms in total. The van der Waals surface area contributed by atoms with E-state index in [1.165, 1.54) is 8.96 Å². The number of halogens is 1. The molecule has 1 aromatic carbocycles. The van der Waals surface area contributed by atoms with E-state index < -0.39 is 0 Å². The molecular weight excluding hydrogens is 275 g/mol. The molecule has 0 saturated heterocycles. The molecule has 0 aliphatic carbocycles. The SMILES string of the molecule is Cn1cc(I)c2ccc(C#N)cc21. The minimum atomic E-state index is 0.713. The molecule has 0 fully saturated rings. The first-order chi connectivity index (χ1) is 6.22. The summed E-state index contributed by atoms with van der Waals surface area (Å²) < 4.78 is 3.26. The smallest absolute Gasteiger partial charge is 0.0992 e. The maximum absolute atomic E-state index is 8.73. The van der Waals surface area contributed by atoms with Gasteiger partial charge in [0.15, 0.2) is 0 Å². The molecule has 2 aromatic rings. The topological polar surface area (TPSA) is 28.7 Å². The average Bonchev–Trinajstić information content (AvgIpc) is 2.42. The predicted molar refractivity (Wildman–Crippen MR) is 60.4 cm³/mol. The van der Waals surface area contributed by atoms with Gasteiger partial charge in [0, 0.05) is 22.2 Å². The van der Waals surface area contributed by atoms with Crippen LogP contribution < -0.4 is 0 Å². The van der Waals surface area contributed by atoms with Gasteiger partial charge in [0.05, 0.1) is 17.1 Å². The molecule has 1 aromatic heterocycles. The highest BCUT2D eigenvalue weighted by Crippen LogP contribution is 2.22. The van der Waals surface area contributed by atoms with Crippen molar-refractivity contribution in [2.24, 2.45) is 7.05 Å². The zero-order valence-electron chi connectivity index (χ0n) is 7.08. The van der Waals surface area contributed by atoms with Crippen LogP contribution in [0.4, 0.5) is 0 Å². The van der Waals surface area contributed by atoms with Crippen molar-refractivity contribution >= 4 is 33.5 Å². The molecule has 64 valence electrons. The molecule has 0 atom stereocenters. The number of rotatable bonds is 0. The van der Waals surface area contributed by atoms with E-state index in [9.17, 15) is 0 Å². The molecule has 13 heavy (non-hydrogen) atoms. The molecule has 0 saturated carbocycles. The Morgan fingerprint density at radius 2 is 2.23 bits per heavy atom. The molecular formula is C10H7IN2. The lowest BCUT2D eigenvalue weighted by molar-refractivity contribution is 0.966. The third-order valence-electron chi connectivity index (χ3n) is 2.07. The van der Waals surface area contributed by atoms with Gasteiger partial charge < -0.3 is 4.57 Å². The molecule has 3 heteroatoms. The first kappa shape index (κ1) is 8.57. The molecule has 0 unspecified atom stereocenters. The second kappa shape index (κ2) is 3.04. The summed E-state index contributed by atoms with van der Waals surface area (Å²) in [6.07, 6.45) is 2.06. The van der Waals surface area contributed by atoms with Crippen LogP contribution >= 0.6 is 22.6 Å². The van der Waals surface area contributed by atoms with Crippen LogP contribution in [0.15, 0.2) is 24.4 Å². The van der Waals surface area contributed by atoms with E-state index in [2.05, 4.69) is 34.9 Å². The molecule has 1 heterocycles. The largest absolute Gasteiger partial charge is 0.349 e. The van der Waals surface area contributed by atoms with Crippen molar-refractivity contribution in [1.82, 2.24) is 4.57 Å². The average molecular weight is 282 g/mol. The first-order valence-corrected chi connectivity index (χ1v) is 4.95. The Kier molecular flexibility index (Phi) is 2.00. The fraction of sp³-hybridized carbons (Fsp3) is 0.100. The summed E-state index contributed by atoms with van der Waals surface area (Å²) >= 11 is 2.30. The van der Waals surface area contributed by atoms with Gasteiger partial charge in [-0.05, 0) is 34.7 Å². The zero-order chi connectivity index (χ0) is 9.42. The maximum Gasteiger partial charge on any atom is 0.0992 e. The van der Waals surface area contributed by atoms with Gasteiger partial charge in [0.25, 0.3) is 0 Å². The van der Waals surface area contributed by atoms with Gasteiger partial charge in [-0.2, -0.15) is 5.26 Å². The Hall–Kier alpha value is -1.02. The third kappa shape index (κ3) is 1.31. The van der Waals surface area contributed by atoms with Crippen LogP contribution in [0.25, 0.3) is 10.9 Å². The number of nitriles is 1. The molecule has 0 amide bonds. The number of nitrogens with zero attached hydrogens (tertiary/aromatic N) is 2. The maximum atomic E-state index is 8.73. The van der Waals surface area contributed by atoms with E-state index in [0.29, 0.717) is 5.56 Å². The van der Waals surface area contributed by atoms with Crippen molar-refractivity contribution in [2.45, 2.75) is 0 Å². The second-order valence-electron chi connectivity index (χ2n) is 2.93. The normalized spacial score (nSPS) is 10.2. The van der Waals surface area contributed by atoms with E-state index in [-0.39, 0.29) is 0 Å². The summed E-state index contributed by atoms with van der Waals surface area (Å²) in [6, 6.07) is 7.90. The summed E-state index contributed by atoms with van der Waals surface area (Å²) in [4.78, 5) is 0. The van der Waals surface area contributed by atoms with Gasteiger partial charge in [-0.15, -0.1) is 0 Å². The Labute approximate surface area is 89.9 Å². The van der Waals surface area contributed by atoms with Gasteiger partial charge in [-0.1, -0.05) is 6.07 Å². The zero-order valence-corrected chi connectivity index (χ0v) is 9.24. The molecule has 0 aliphatic heterocycles. The third-order valence-corrected chi connectivity index (χ3v) is 2.93. The lowest BCUT2D eigenvalue weighted by Gasteiger charge is -1.95. The number of hydrogen-bond donors (Lipinski definition) is 0. The predicted octanol–water partition coefficient (Wildman–Crippen LogP) is 2.65. The van der Waals surface area contributed by atoms with Crippen molar-refractivity contribution in [1.29, 1.82) is 5.26 Å². The molecule has 0 radical (unpaired) electrons. The van der Waals surface area contributed by atoms with Crippen LogP contribution in [0.2, 0.25) is 0 Å². The van der Waals surface area contributed by atoms with Crippen LogP contribution in [-0.4, -0.2) is 4.57 Å². The summed E-state index contributed by atoms with van der Waals surface area (Å²) in [7, 11) is 1.99. The Balaban J connectivity index is 2.86. The Morgan fingerprint density at radius 3 is 2.92 bits per heavy atom. The quantitative estimate of drug-likeness (QED) is 0.683. The molecule has 2 rings (SSSR count). The van der Waals surface area contributed by atoms with Crippen LogP contribution in [0.3, 0.4) is 0 Å². The van der Waals surface area contributed by atoms with E-state index in [1.54, 1.807) is 0 Å². The highest BCUT2D eigenvalue weighted by Gasteiger charge is 2.03. The lowest BCUT2D eigenvalue weighted by Crippen LogP contribution is -1.84. The van der Waals surface area contributed by atoms with Crippen LogP contribution in [0, 0.1) is 14.9 Å². The van der Waals surface area contributed by atoms with Crippen molar-refractivity contribution in [2.75, 3.05) is 0 Å². The van der Waals surface area contributed by atoms with E-state index in [1.807, 2.05) is 29.8 Å². The lowest BCUT2D eigenvalue weighted by atomic mass is 10.2. The van der Waals surface area contributed by atoms with Gasteiger partial charge in [-0.3, -0.25) is 0 Å². The first-order valence-electron chi connectivity index (χ1n) is 3.87. The fourth-order valence-electron chi connectivity index (χ4n) is 1.40. The monoisotopic (exact) mass is 282 g/mol. The Morgan fingerprint density at radius 1 is 1.46 bits per heavy atom. The van der Waals surface area contributed by atoms with E-state index in [0.717, 1.165) is 5.52 Å². The number of benzene rings is 1. The van der Waals surface area contributed by atoms with E-state index >= 15 is 0 Å². The molecule has 0 N–H and O–H groups in total. The minimum absolute atomic E-state index is 0.713. The summed E-state index contributed by atoms with van der Waals surface area (Å²) in [5.41, 5.74) is 1.83. The van der Waals surface area contributed by atoms with Crippen molar-refractivity contribution < 1.29 is 0 Å². The van der Waals surface area contributed by atoms with Crippen LogP contribution in [-0.2, 0) is 7.05 Å². The van der Waals surface area contributed by atoms with Gasteiger partial charge >= 0.3 is 0 Å². The van der Waals surface area contributed by atoms with Gasteiger partial charge in [-0.25, -0.2) is 0 Å². The van der Waals surface area contributed by atoms with Crippen LogP contribution in [0.5, 0.6) is 0 Å². The van der Waals surface area contributed by atoms with Gasteiger partial charge in [0.2, 0.25) is 0 Å².